The Hall–Kier alpha value is -1.71. The molecule has 1 rings (SSSR count). The summed E-state index contributed by atoms with van der Waals surface area (Å²) in [4.78, 5) is 12.3. The van der Waals surface area contributed by atoms with Gasteiger partial charge in [-0.05, 0) is 30.5 Å². The lowest BCUT2D eigenvalue weighted by atomic mass is 10.1. The van der Waals surface area contributed by atoms with Crippen molar-refractivity contribution in [1.82, 2.24) is 4.90 Å². The minimum atomic E-state index is -0.398. The molecular weight excluding hydrogens is 204 g/mol. The van der Waals surface area contributed by atoms with Gasteiger partial charge in [0.15, 0.2) is 0 Å². The lowest BCUT2D eigenvalue weighted by molar-refractivity contribution is 0.219. The van der Waals surface area contributed by atoms with Crippen LogP contribution in [-0.4, -0.2) is 31.6 Å². The highest BCUT2D eigenvalue weighted by atomic mass is 16.5. The Labute approximate surface area is 96.0 Å². The molecule has 0 atom stereocenters. The van der Waals surface area contributed by atoms with Gasteiger partial charge in [0, 0.05) is 13.6 Å². The lowest BCUT2D eigenvalue weighted by Gasteiger charge is -2.14. The van der Waals surface area contributed by atoms with Crippen LogP contribution in [0.15, 0.2) is 18.2 Å². The van der Waals surface area contributed by atoms with Crippen LogP contribution in [0, 0.1) is 6.92 Å². The third-order valence-corrected chi connectivity index (χ3v) is 2.57. The van der Waals surface area contributed by atoms with E-state index in [0.717, 1.165) is 17.7 Å². The highest BCUT2D eigenvalue weighted by Gasteiger charge is 2.04. The number of hydrogen-bond donors (Lipinski definition) is 1. The van der Waals surface area contributed by atoms with E-state index >= 15 is 0 Å². The Morgan fingerprint density at radius 2 is 2.19 bits per heavy atom. The first-order chi connectivity index (χ1) is 7.54. The van der Waals surface area contributed by atoms with Gasteiger partial charge in [0.2, 0.25) is 0 Å². The van der Waals surface area contributed by atoms with Gasteiger partial charge in [-0.2, -0.15) is 0 Å². The number of ether oxygens (including phenoxy) is 1. The summed E-state index contributed by atoms with van der Waals surface area (Å²) >= 11 is 0. The molecule has 2 N–H and O–H groups in total. The number of nitrogens with zero attached hydrogens (tertiary/aromatic N) is 1. The molecule has 0 heterocycles. The molecule has 0 saturated heterocycles. The Balaban J connectivity index is 2.62. The van der Waals surface area contributed by atoms with Crippen molar-refractivity contribution in [3.8, 4) is 5.75 Å². The normalized spacial score (nSPS) is 9.94. The van der Waals surface area contributed by atoms with Gasteiger partial charge in [0.05, 0.1) is 7.11 Å². The molecule has 88 valence electrons. The minimum absolute atomic E-state index is 0.398. The number of nitrogens with two attached hydrogens (primary N) is 1. The molecule has 0 aliphatic rings. The number of urea groups is 1. The summed E-state index contributed by atoms with van der Waals surface area (Å²) in [5.41, 5.74) is 7.41. The van der Waals surface area contributed by atoms with Gasteiger partial charge >= 0.3 is 6.03 Å². The number of rotatable bonds is 4. The molecule has 0 bridgehead atoms. The molecule has 0 aliphatic carbocycles. The highest BCUT2D eigenvalue weighted by molar-refractivity contribution is 5.71. The first kappa shape index (κ1) is 12.4. The summed E-state index contributed by atoms with van der Waals surface area (Å²) in [7, 11) is 3.35. The zero-order valence-corrected chi connectivity index (χ0v) is 9.99. The fraction of sp³-hybridized carbons (Fsp3) is 0.417. The Kier molecular flexibility index (Phi) is 4.17. The quantitative estimate of drug-likeness (QED) is 0.840. The summed E-state index contributed by atoms with van der Waals surface area (Å²) in [6.45, 7) is 2.63. The average Bonchev–Trinajstić information content (AvgIpc) is 2.25. The zero-order chi connectivity index (χ0) is 12.1. The predicted molar refractivity (Wildman–Crippen MR) is 63.6 cm³/mol. The molecule has 4 heteroatoms. The van der Waals surface area contributed by atoms with E-state index in [0.29, 0.717) is 6.54 Å². The number of aryl methyl sites for hydroxylation is 1. The number of benzene rings is 1. The van der Waals surface area contributed by atoms with Crippen molar-refractivity contribution in [3.05, 3.63) is 29.3 Å². The second-order valence-electron chi connectivity index (χ2n) is 3.81. The van der Waals surface area contributed by atoms with Crippen molar-refractivity contribution in [2.75, 3.05) is 20.7 Å². The van der Waals surface area contributed by atoms with Crippen LogP contribution in [0.3, 0.4) is 0 Å². The molecule has 0 aromatic heterocycles. The lowest BCUT2D eigenvalue weighted by Crippen LogP contribution is -2.33. The van der Waals surface area contributed by atoms with E-state index in [9.17, 15) is 4.79 Å². The van der Waals surface area contributed by atoms with Crippen molar-refractivity contribution < 1.29 is 9.53 Å². The second kappa shape index (κ2) is 5.39. The maximum absolute atomic E-state index is 10.8. The molecule has 0 aliphatic heterocycles. The van der Waals surface area contributed by atoms with Crippen molar-refractivity contribution in [1.29, 1.82) is 0 Å². The van der Waals surface area contributed by atoms with Crippen LogP contribution in [0.2, 0.25) is 0 Å². The number of carbonyl (C=O) groups is 1. The van der Waals surface area contributed by atoms with Crippen LogP contribution >= 0.6 is 0 Å². The topological polar surface area (TPSA) is 55.6 Å². The van der Waals surface area contributed by atoms with E-state index in [1.807, 2.05) is 19.1 Å². The molecule has 1 aromatic rings. The van der Waals surface area contributed by atoms with Crippen LogP contribution in [-0.2, 0) is 6.42 Å². The number of likely N-dealkylation sites (N-methyl/N-ethyl adjacent to an activating group) is 1. The molecule has 0 unspecified atom stereocenters. The number of amides is 2. The van der Waals surface area contributed by atoms with Gasteiger partial charge in [-0.3, -0.25) is 0 Å². The molecule has 0 spiro atoms. The van der Waals surface area contributed by atoms with E-state index in [-0.39, 0.29) is 0 Å². The number of methoxy groups -OCH3 is 1. The van der Waals surface area contributed by atoms with Gasteiger partial charge in [0.25, 0.3) is 0 Å². The number of hydrogen-bond acceptors (Lipinski definition) is 2. The van der Waals surface area contributed by atoms with Crippen molar-refractivity contribution >= 4 is 6.03 Å². The SMILES string of the molecule is COc1ccc(CCN(C)C(N)=O)cc1C. The fourth-order valence-electron chi connectivity index (χ4n) is 1.50. The first-order valence-electron chi connectivity index (χ1n) is 5.18. The Bertz CT molecular complexity index is 377. The maximum Gasteiger partial charge on any atom is 0.314 e. The van der Waals surface area contributed by atoms with Crippen LogP contribution in [0.4, 0.5) is 4.79 Å². The molecule has 2 amide bonds. The summed E-state index contributed by atoms with van der Waals surface area (Å²) in [5.74, 6) is 0.881. The summed E-state index contributed by atoms with van der Waals surface area (Å²) in [5, 5.41) is 0. The van der Waals surface area contributed by atoms with Crippen LogP contribution in [0.5, 0.6) is 5.75 Å². The van der Waals surface area contributed by atoms with Gasteiger partial charge in [-0.1, -0.05) is 12.1 Å². The van der Waals surface area contributed by atoms with Crippen molar-refractivity contribution in [2.24, 2.45) is 5.73 Å². The van der Waals surface area contributed by atoms with Crippen LogP contribution < -0.4 is 10.5 Å². The molecule has 4 nitrogen and oxygen atoms in total. The van der Waals surface area contributed by atoms with E-state index in [1.165, 1.54) is 10.5 Å². The molecule has 16 heavy (non-hydrogen) atoms. The molecule has 0 fully saturated rings. The van der Waals surface area contributed by atoms with Crippen LogP contribution in [0.1, 0.15) is 11.1 Å². The van der Waals surface area contributed by atoms with Crippen molar-refractivity contribution in [3.63, 3.8) is 0 Å². The average molecular weight is 222 g/mol. The van der Waals surface area contributed by atoms with E-state index in [2.05, 4.69) is 6.07 Å². The summed E-state index contributed by atoms with van der Waals surface area (Å²) < 4.78 is 5.18. The van der Waals surface area contributed by atoms with E-state index in [1.54, 1.807) is 14.2 Å². The van der Waals surface area contributed by atoms with Crippen molar-refractivity contribution in [2.45, 2.75) is 13.3 Å². The number of primary amides is 1. The highest BCUT2D eigenvalue weighted by Crippen LogP contribution is 2.18. The standard InChI is InChI=1S/C12H18N2O2/c1-9-8-10(4-5-11(9)16-3)6-7-14(2)12(13)15/h4-5,8H,6-7H2,1-3H3,(H2,13,15). The monoisotopic (exact) mass is 222 g/mol. The Morgan fingerprint density at radius 1 is 1.50 bits per heavy atom. The molecule has 0 radical (unpaired) electrons. The van der Waals surface area contributed by atoms with Gasteiger partial charge in [-0.25, -0.2) is 4.79 Å². The summed E-state index contributed by atoms with van der Waals surface area (Å²) in [6.07, 6.45) is 0.796. The minimum Gasteiger partial charge on any atom is -0.496 e. The zero-order valence-electron chi connectivity index (χ0n) is 9.99. The molecular formula is C12H18N2O2. The maximum atomic E-state index is 10.8. The van der Waals surface area contributed by atoms with E-state index in [4.69, 9.17) is 10.5 Å². The van der Waals surface area contributed by atoms with E-state index < -0.39 is 6.03 Å². The Morgan fingerprint density at radius 3 is 2.69 bits per heavy atom. The third-order valence-electron chi connectivity index (χ3n) is 2.57. The predicted octanol–water partition coefficient (Wildman–Crippen LogP) is 1.56. The van der Waals surface area contributed by atoms with Gasteiger partial charge in [0.1, 0.15) is 5.75 Å². The molecule has 1 aromatic carbocycles. The second-order valence-corrected chi connectivity index (χ2v) is 3.81. The first-order valence-corrected chi connectivity index (χ1v) is 5.18. The van der Waals surface area contributed by atoms with Gasteiger partial charge < -0.3 is 15.4 Å². The number of carbonyl (C=O) groups excluding carboxylic acids is 1. The fourth-order valence-corrected chi connectivity index (χ4v) is 1.50. The third kappa shape index (κ3) is 3.15. The molecule has 0 saturated carbocycles. The largest absolute Gasteiger partial charge is 0.496 e. The smallest absolute Gasteiger partial charge is 0.314 e. The van der Waals surface area contributed by atoms with Crippen LogP contribution in [0.25, 0.3) is 0 Å². The summed E-state index contributed by atoms with van der Waals surface area (Å²) in [6, 6.07) is 5.61. The van der Waals surface area contributed by atoms with Gasteiger partial charge in [-0.15, -0.1) is 0 Å².